The molecule has 0 saturated carbocycles. The fraction of sp³-hybridized carbons (Fsp3) is 0.833. The van der Waals surface area contributed by atoms with Crippen LogP contribution in [0.5, 0.6) is 0 Å². The maximum atomic E-state index is 5.03. The van der Waals surface area contributed by atoms with E-state index in [1.54, 1.807) is 0 Å². The van der Waals surface area contributed by atoms with Gasteiger partial charge < -0.3 is 4.74 Å². The zero-order valence-corrected chi connectivity index (χ0v) is 5.79. The van der Waals surface area contributed by atoms with Gasteiger partial charge in [0.1, 0.15) is 0 Å². The van der Waals surface area contributed by atoms with Crippen molar-refractivity contribution in [2.75, 3.05) is 26.2 Å². The number of ether oxygens (including phenoxy) is 1. The molecule has 0 aromatic rings. The van der Waals surface area contributed by atoms with E-state index in [1.807, 2.05) is 11.3 Å². The predicted octanol–water partition coefficient (Wildman–Crippen LogP) is -0.766. The number of hydrogen-bond donors (Lipinski definition) is 1. The summed E-state index contributed by atoms with van der Waals surface area (Å²) in [6, 6.07) is 0. The molecule has 2 aliphatic rings. The Kier molecular flexibility index (Phi) is 1.56. The van der Waals surface area contributed by atoms with Crippen LogP contribution >= 0.6 is 0 Å². The first kappa shape index (κ1) is 6.12. The van der Waals surface area contributed by atoms with Gasteiger partial charge in [0.25, 0.3) is 0 Å². The summed E-state index contributed by atoms with van der Waals surface area (Å²) in [7, 11) is 0. The zero-order chi connectivity index (χ0) is 6.81. The third-order valence-corrected chi connectivity index (χ3v) is 1.62. The summed E-state index contributed by atoms with van der Waals surface area (Å²) in [6.07, 6.45) is 2.29. The van der Waals surface area contributed by atoms with Crippen molar-refractivity contribution in [1.29, 1.82) is 0 Å². The molecule has 2 rings (SSSR count). The van der Waals surface area contributed by atoms with E-state index in [-0.39, 0.29) is 0 Å². The van der Waals surface area contributed by atoms with E-state index in [1.165, 1.54) is 0 Å². The molecule has 2 aliphatic heterocycles. The molecule has 2 heterocycles. The number of rotatable bonds is 3. The molecule has 1 saturated heterocycles. The van der Waals surface area contributed by atoms with Crippen LogP contribution in [-0.4, -0.2) is 43.7 Å². The van der Waals surface area contributed by atoms with Gasteiger partial charge in [-0.25, -0.2) is 5.43 Å². The highest BCUT2D eigenvalue weighted by Gasteiger charge is 2.22. The third-order valence-electron chi connectivity index (χ3n) is 1.62. The van der Waals surface area contributed by atoms with Gasteiger partial charge in [-0.05, 0) is 0 Å². The minimum Gasteiger partial charge on any atom is -0.372 e. The number of aliphatic imine (C=N–C) groups is 1. The molecular weight excluding hydrogens is 130 g/mol. The summed E-state index contributed by atoms with van der Waals surface area (Å²) >= 11 is 0. The molecule has 10 heavy (non-hydrogen) atoms. The van der Waals surface area contributed by atoms with Crippen molar-refractivity contribution in [1.82, 2.24) is 10.4 Å². The lowest BCUT2D eigenvalue weighted by atomic mass is 10.5. The molecule has 0 bridgehead atoms. The van der Waals surface area contributed by atoms with Gasteiger partial charge in [-0.15, -0.1) is 0 Å². The topological polar surface area (TPSA) is 40.2 Å². The Morgan fingerprint density at radius 2 is 2.70 bits per heavy atom. The summed E-state index contributed by atoms with van der Waals surface area (Å²) in [5, 5.41) is 2.00. The number of nitrogens with zero attached hydrogens (tertiary/aromatic N) is 2. The molecule has 0 spiro atoms. The van der Waals surface area contributed by atoms with Gasteiger partial charge >= 0.3 is 0 Å². The number of epoxide rings is 1. The van der Waals surface area contributed by atoms with Crippen molar-refractivity contribution in [2.45, 2.75) is 6.10 Å². The van der Waals surface area contributed by atoms with Crippen LogP contribution in [0.1, 0.15) is 0 Å². The molecule has 1 atom stereocenters. The maximum absolute atomic E-state index is 5.03. The van der Waals surface area contributed by atoms with Gasteiger partial charge in [0.05, 0.1) is 32.1 Å². The highest BCUT2D eigenvalue weighted by atomic mass is 16.6. The molecule has 1 N–H and O–H groups in total. The minimum atomic E-state index is 0.453. The monoisotopic (exact) mass is 141 g/mol. The number of hydrazine groups is 1. The molecule has 0 radical (unpaired) electrons. The Morgan fingerprint density at radius 3 is 3.30 bits per heavy atom. The molecule has 1 fully saturated rings. The lowest BCUT2D eigenvalue weighted by molar-refractivity contribution is 0.307. The van der Waals surface area contributed by atoms with Crippen molar-refractivity contribution in [3.63, 3.8) is 0 Å². The highest BCUT2D eigenvalue weighted by Crippen LogP contribution is 2.06. The summed E-state index contributed by atoms with van der Waals surface area (Å²) in [5.41, 5.74) is 3.20. The second kappa shape index (κ2) is 2.56. The molecule has 4 nitrogen and oxygen atoms in total. The SMILES string of the molecule is C1=NCCN1NCC1CO1. The van der Waals surface area contributed by atoms with E-state index in [4.69, 9.17) is 4.74 Å². The molecule has 1 unspecified atom stereocenters. The van der Waals surface area contributed by atoms with Gasteiger partial charge in [0.15, 0.2) is 0 Å². The van der Waals surface area contributed by atoms with Crippen molar-refractivity contribution in [2.24, 2.45) is 4.99 Å². The van der Waals surface area contributed by atoms with Crippen LogP contribution in [-0.2, 0) is 4.74 Å². The Bertz CT molecular complexity index is 144. The molecule has 0 amide bonds. The number of nitrogens with one attached hydrogen (secondary N) is 1. The van der Waals surface area contributed by atoms with Crippen molar-refractivity contribution in [3.8, 4) is 0 Å². The molecule has 0 aliphatic carbocycles. The molecule has 0 aromatic heterocycles. The Morgan fingerprint density at radius 1 is 1.80 bits per heavy atom. The second-order valence-electron chi connectivity index (χ2n) is 2.53. The van der Waals surface area contributed by atoms with E-state index in [9.17, 15) is 0 Å². The van der Waals surface area contributed by atoms with Crippen molar-refractivity contribution in [3.05, 3.63) is 0 Å². The minimum absolute atomic E-state index is 0.453. The quantitative estimate of drug-likeness (QED) is 0.525. The standard InChI is InChI=1S/C6H11N3O/c1-2-9(5-7-1)8-3-6-4-10-6/h5-6,8H,1-4H2. The van der Waals surface area contributed by atoms with E-state index < -0.39 is 0 Å². The van der Waals surface area contributed by atoms with Gasteiger partial charge in [0, 0.05) is 6.54 Å². The van der Waals surface area contributed by atoms with Crippen LogP contribution in [0.3, 0.4) is 0 Å². The average Bonchev–Trinajstić information content (AvgIpc) is 2.63. The van der Waals surface area contributed by atoms with Gasteiger partial charge in [-0.3, -0.25) is 10.0 Å². The van der Waals surface area contributed by atoms with Crippen LogP contribution in [0.15, 0.2) is 4.99 Å². The Balaban J connectivity index is 1.64. The number of hydrogen-bond acceptors (Lipinski definition) is 4. The van der Waals surface area contributed by atoms with Crippen molar-refractivity contribution < 1.29 is 4.74 Å². The Labute approximate surface area is 59.8 Å². The van der Waals surface area contributed by atoms with Crippen LogP contribution in [0.25, 0.3) is 0 Å². The van der Waals surface area contributed by atoms with E-state index in [2.05, 4.69) is 10.4 Å². The largest absolute Gasteiger partial charge is 0.372 e. The smallest absolute Gasteiger partial charge is 0.0993 e. The van der Waals surface area contributed by atoms with Gasteiger partial charge in [0.2, 0.25) is 0 Å². The highest BCUT2D eigenvalue weighted by molar-refractivity contribution is 5.56. The third kappa shape index (κ3) is 1.46. The first-order valence-corrected chi connectivity index (χ1v) is 3.57. The van der Waals surface area contributed by atoms with Crippen LogP contribution in [0.4, 0.5) is 0 Å². The normalized spacial score (nSPS) is 29.6. The van der Waals surface area contributed by atoms with Crippen molar-refractivity contribution >= 4 is 6.34 Å². The summed E-state index contributed by atoms with van der Waals surface area (Å²) in [6.45, 7) is 3.75. The molecule has 56 valence electrons. The second-order valence-corrected chi connectivity index (χ2v) is 2.53. The lowest BCUT2D eigenvalue weighted by Gasteiger charge is -2.13. The van der Waals surface area contributed by atoms with Crippen LogP contribution in [0, 0.1) is 0 Å². The van der Waals surface area contributed by atoms with Crippen LogP contribution < -0.4 is 5.43 Å². The van der Waals surface area contributed by atoms with Gasteiger partial charge in [-0.2, -0.15) is 0 Å². The first-order chi connectivity index (χ1) is 4.95. The van der Waals surface area contributed by atoms with E-state index in [0.29, 0.717) is 6.10 Å². The molecule has 0 aromatic carbocycles. The van der Waals surface area contributed by atoms with E-state index >= 15 is 0 Å². The zero-order valence-electron chi connectivity index (χ0n) is 5.79. The predicted molar refractivity (Wildman–Crippen MR) is 37.8 cm³/mol. The first-order valence-electron chi connectivity index (χ1n) is 3.57. The lowest BCUT2D eigenvalue weighted by Crippen LogP contribution is -2.37. The molecule has 4 heteroatoms. The Hall–Kier alpha value is -0.610. The fourth-order valence-electron chi connectivity index (χ4n) is 0.904. The summed E-state index contributed by atoms with van der Waals surface area (Å²) in [5.74, 6) is 0. The average molecular weight is 141 g/mol. The maximum Gasteiger partial charge on any atom is 0.0993 e. The van der Waals surface area contributed by atoms with Gasteiger partial charge in [-0.1, -0.05) is 0 Å². The summed E-state index contributed by atoms with van der Waals surface area (Å²) in [4.78, 5) is 4.06. The fourth-order valence-corrected chi connectivity index (χ4v) is 0.904. The summed E-state index contributed by atoms with van der Waals surface area (Å²) < 4.78 is 5.03. The van der Waals surface area contributed by atoms with Crippen LogP contribution in [0.2, 0.25) is 0 Å². The van der Waals surface area contributed by atoms with E-state index in [0.717, 1.165) is 26.2 Å². The molecular formula is C6H11N3O.